The Morgan fingerprint density at radius 3 is 2.43 bits per heavy atom. The van der Waals surface area contributed by atoms with Crippen LogP contribution in [-0.4, -0.2) is 9.97 Å². The number of hydrogen-bond acceptors (Lipinski definition) is 4. The third-order valence-corrected chi connectivity index (χ3v) is 2.70. The monoisotopic (exact) mass is 281 g/mol. The van der Waals surface area contributed by atoms with Crippen molar-refractivity contribution < 1.29 is 9.13 Å². The Morgan fingerprint density at radius 2 is 1.67 bits per heavy atom. The molecular formula is C16H12FN3O. The lowest BCUT2D eigenvalue weighted by Gasteiger charge is -2.07. The molecule has 0 fully saturated rings. The van der Waals surface area contributed by atoms with E-state index >= 15 is 0 Å². The number of ether oxygens (including phenoxy) is 1. The van der Waals surface area contributed by atoms with Gasteiger partial charge in [0.2, 0.25) is 11.8 Å². The molecule has 4 nitrogen and oxygen atoms in total. The predicted octanol–water partition coefficient (Wildman–Crippen LogP) is 4.15. The van der Waals surface area contributed by atoms with Crippen molar-refractivity contribution in [3.8, 4) is 11.6 Å². The van der Waals surface area contributed by atoms with Crippen LogP contribution in [0, 0.1) is 5.82 Å². The van der Waals surface area contributed by atoms with Crippen LogP contribution >= 0.6 is 0 Å². The van der Waals surface area contributed by atoms with E-state index < -0.39 is 0 Å². The third-order valence-electron chi connectivity index (χ3n) is 2.70. The molecule has 0 radical (unpaired) electrons. The molecule has 0 spiro atoms. The first-order valence-electron chi connectivity index (χ1n) is 6.38. The van der Waals surface area contributed by atoms with Crippen molar-refractivity contribution >= 4 is 11.6 Å². The molecule has 21 heavy (non-hydrogen) atoms. The zero-order chi connectivity index (χ0) is 14.5. The fraction of sp³-hybridized carbons (Fsp3) is 0. The second kappa shape index (κ2) is 6.00. The first-order valence-corrected chi connectivity index (χ1v) is 6.38. The van der Waals surface area contributed by atoms with E-state index in [2.05, 4.69) is 15.3 Å². The van der Waals surface area contributed by atoms with Crippen LogP contribution < -0.4 is 10.1 Å². The summed E-state index contributed by atoms with van der Waals surface area (Å²) in [5, 5.41) is 3.08. The fourth-order valence-electron chi connectivity index (χ4n) is 1.73. The van der Waals surface area contributed by atoms with Gasteiger partial charge in [0.1, 0.15) is 11.6 Å². The van der Waals surface area contributed by atoms with E-state index in [0.29, 0.717) is 17.6 Å². The number of anilines is 2. The van der Waals surface area contributed by atoms with Crippen molar-refractivity contribution in [2.45, 2.75) is 0 Å². The van der Waals surface area contributed by atoms with Gasteiger partial charge in [0, 0.05) is 18.0 Å². The van der Waals surface area contributed by atoms with Crippen molar-refractivity contribution in [3.05, 3.63) is 72.7 Å². The first kappa shape index (κ1) is 13.1. The maximum absolute atomic E-state index is 12.8. The minimum absolute atomic E-state index is 0.309. The van der Waals surface area contributed by atoms with Crippen molar-refractivity contribution in [2.75, 3.05) is 5.32 Å². The molecule has 3 aromatic rings. The molecule has 0 aliphatic rings. The van der Waals surface area contributed by atoms with Crippen molar-refractivity contribution in [2.24, 2.45) is 0 Å². The van der Waals surface area contributed by atoms with Crippen LogP contribution in [0.4, 0.5) is 16.0 Å². The van der Waals surface area contributed by atoms with E-state index in [1.54, 1.807) is 24.4 Å². The summed E-state index contributed by atoms with van der Waals surface area (Å²) in [7, 11) is 0. The quantitative estimate of drug-likeness (QED) is 0.780. The van der Waals surface area contributed by atoms with Gasteiger partial charge in [-0.2, -0.15) is 4.98 Å². The number of rotatable bonds is 4. The van der Waals surface area contributed by atoms with Crippen LogP contribution in [0.25, 0.3) is 0 Å². The normalized spacial score (nSPS) is 10.1. The van der Waals surface area contributed by atoms with Gasteiger partial charge >= 0.3 is 0 Å². The summed E-state index contributed by atoms with van der Waals surface area (Å²) in [6, 6.07) is 17.0. The van der Waals surface area contributed by atoms with Crippen LogP contribution in [0.2, 0.25) is 0 Å². The second-order valence-corrected chi connectivity index (χ2v) is 4.27. The van der Waals surface area contributed by atoms with Crippen LogP contribution in [-0.2, 0) is 0 Å². The van der Waals surface area contributed by atoms with Gasteiger partial charge in [0.25, 0.3) is 0 Å². The van der Waals surface area contributed by atoms with Crippen molar-refractivity contribution in [1.82, 2.24) is 9.97 Å². The molecular weight excluding hydrogens is 269 g/mol. The maximum Gasteiger partial charge on any atom is 0.230 e. The average Bonchev–Trinajstić information content (AvgIpc) is 2.51. The Bertz CT molecular complexity index is 717. The number of nitrogens with one attached hydrogen (secondary N) is 1. The van der Waals surface area contributed by atoms with E-state index in [9.17, 15) is 4.39 Å². The Hall–Kier alpha value is -2.95. The van der Waals surface area contributed by atoms with Gasteiger partial charge in [0.05, 0.1) is 0 Å². The van der Waals surface area contributed by atoms with E-state index in [0.717, 1.165) is 5.69 Å². The van der Waals surface area contributed by atoms with Gasteiger partial charge in [-0.15, -0.1) is 0 Å². The highest BCUT2D eigenvalue weighted by Crippen LogP contribution is 2.21. The molecule has 0 atom stereocenters. The molecule has 0 unspecified atom stereocenters. The highest BCUT2D eigenvalue weighted by molar-refractivity contribution is 5.52. The van der Waals surface area contributed by atoms with E-state index in [1.807, 2.05) is 30.3 Å². The summed E-state index contributed by atoms with van der Waals surface area (Å²) < 4.78 is 18.4. The SMILES string of the molecule is Fc1ccc(Oc2ccnc(Nc3ccccc3)n2)cc1. The van der Waals surface area contributed by atoms with Crippen LogP contribution in [0.1, 0.15) is 0 Å². The Morgan fingerprint density at radius 1 is 0.905 bits per heavy atom. The molecule has 2 aromatic carbocycles. The number of halogens is 1. The number of hydrogen-bond donors (Lipinski definition) is 1. The topological polar surface area (TPSA) is 47.0 Å². The highest BCUT2D eigenvalue weighted by Gasteiger charge is 2.02. The summed E-state index contributed by atoms with van der Waals surface area (Å²) in [6.07, 6.45) is 1.59. The van der Waals surface area contributed by atoms with E-state index in [1.165, 1.54) is 12.1 Å². The average molecular weight is 281 g/mol. The van der Waals surface area contributed by atoms with Gasteiger partial charge in [-0.3, -0.25) is 0 Å². The fourth-order valence-corrected chi connectivity index (χ4v) is 1.73. The molecule has 0 saturated carbocycles. The zero-order valence-electron chi connectivity index (χ0n) is 11.0. The lowest BCUT2D eigenvalue weighted by Crippen LogP contribution is -1.98. The summed E-state index contributed by atoms with van der Waals surface area (Å²) >= 11 is 0. The number of aromatic nitrogens is 2. The standard InChI is InChI=1S/C16H12FN3O/c17-12-6-8-14(9-7-12)21-15-10-11-18-16(20-15)19-13-4-2-1-3-5-13/h1-11H,(H,18,19,20). The largest absolute Gasteiger partial charge is 0.439 e. The lowest BCUT2D eigenvalue weighted by molar-refractivity contribution is 0.461. The third kappa shape index (κ3) is 3.54. The Labute approximate surface area is 121 Å². The van der Waals surface area contributed by atoms with Crippen molar-refractivity contribution in [1.29, 1.82) is 0 Å². The van der Waals surface area contributed by atoms with Crippen LogP contribution in [0.5, 0.6) is 11.6 Å². The summed E-state index contributed by atoms with van der Waals surface area (Å²) in [5.74, 6) is 1.02. The molecule has 0 aliphatic heterocycles. The molecule has 3 rings (SSSR count). The Balaban J connectivity index is 1.75. The van der Waals surface area contributed by atoms with Crippen molar-refractivity contribution in [3.63, 3.8) is 0 Å². The number of nitrogens with zero attached hydrogens (tertiary/aromatic N) is 2. The van der Waals surface area contributed by atoms with E-state index in [4.69, 9.17) is 4.74 Å². The van der Waals surface area contributed by atoms with Gasteiger partial charge in [0.15, 0.2) is 0 Å². The summed E-state index contributed by atoms with van der Waals surface area (Å²) in [4.78, 5) is 8.38. The molecule has 0 bridgehead atoms. The minimum atomic E-state index is -0.309. The maximum atomic E-state index is 12.8. The molecule has 1 heterocycles. The molecule has 0 amide bonds. The smallest absolute Gasteiger partial charge is 0.230 e. The minimum Gasteiger partial charge on any atom is -0.439 e. The first-order chi connectivity index (χ1) is 10.3. The summed E-state index contributed by atoms with van der Waals surface area (Å²) in [5.41, 5.74) is 0.886. The number of para-hydroxylation sites is 1. The van der Waals surface area contributed by atoms with E-state index in [-0.39, 0.29) is 5.82 Å². The van der Waals surface area contributed by atoms with Crippen LogP contribution in [0.15, 0.2) is 66.9 Å². The van der Waals surface area contributed by atoms with Crippen LogP contribution in [0.3, 0.4) is 0 Å². The summed E-state index contributed by atoms with van der Waals surface area (Å²) in [6.45, 7) is 0. The highest BCUT2D eigenvalue weighted by atomic mass is 19.1. The molecule has 5 heteroatoms. The van der Waals surface area contributed by atoms with Gasteiger partial charge in [-0.1, -0.05) is 18.2 Å². The molecule has 1 N–H and O–H groups in total. The number of benzene rings is 2. The predicted molar refractivity (Wildman–Crippen MR) is 78.2 cm³/mol. The molecule has 0 aliphatic carbocycles. The Kier molecular flexibility index (Phi) is 3.73. The molecule has 1 aromatic heterocycles. The second-order valence-electron chi connectivity index (χ2n) is 4.27. The van der Waals surface area contributed by atoms with Gasteiger partial charge in [-0.25, -0.2) is 9.37 Å². The zero-order valence-corrected chi connectivity index (χ0v) is 11.0. The molecule has 0 saturated heterocycles. The van der Waals surface area contributed by atoms with Gasteiger partial charge < -0.3 is 10.1 Å². The lowest BCUT2D eigenvalue weighted by atomic mass is 10.3. The molecule has 104 valence electrons. The van der Waals surface area contributed by atoms with Gasteiger partial charge in [-0.05, 0) is 36.4 Å².